The first-order valence-electron chi connectivity index (χ1n) is 8.44. The summed E-state index contributed by atoms with van der Waals surface area (Å²) in [5.74, 6) is -1.99. The maximum atomic E-state index is 12.9. The fourth-order valence-corrected chi connectivity index (χ4v) is 3.37. The Balaban J connectivity index is 1.94. The van der Waals surface area contributed by atoms with Crippen LogP contribution in [-0.4, -0.2) is 32.4 Å². The largest absolute Gasteiger partial charge is 0.451 e. The highest BCUT2D eigenvalue weighted by molar-refractivity contribution is 7.89. The summed E-state index contributed by atoms with van der Waals surface area (Å²) in [6.07, 6.45) is -1.18. The number of benzene rings is 2. The second-order valence-corrected chi connectivity index (χ2v) is 7.95. The van der Waals surface area contributed by atoms with Gasteiger partial charge in [0.2, 0.25) is 10.0 Å². The average Bonchev–Trinajstić information content (AvgIpc) is 2.63. The van der Waals surface area contributed by atoms with Crippen LogP contribution in [0, 0.1) is 12.7 Å². The van der Waals surface area contributed by atoms with Crippen molar-refractivity contribution in [2.45, 2.75) is 37.8 Å². The van der Waals surface area contributed by atoms with Gasteiger partial charge in [-0.15, -0.1) is 0 Å². The van der Waals surface area contributed by atoms with Crippen molar-refractivity contribution < 1.29 is 27.1 Å². The summed E-state index contributed by atoms with van der Waals surface area (Å²) < 4.78 is 44.8. The maximum absolute atomic E-state index is 12.9. The highest BCUT2D eigenvalue weighted by Gasteiger charge is 2.26. The number of sulfonamides is 1. The zero-order valence-electron chi connectivity index (χ0n) is 15.6. The van der Waals surface area contributed by atoms with Crippen molar-refractivity contribution in [1.29, 1.82) is 0 Å². The first kappa shape index (κ1) is 21.5. The van der Waals surface area contributed by atoms with Crippen LogP contribution in [0.15, 0.2) is 53.4 Å². The molecule has 0 aromatic heterocycles. The molecule has 7 nitrogen and oxygen atoms in total. The van der Waals surface area contributed by atoms with Crippen LogP contribution in [0.2, 0.25) is 0 Å². The van der Waals surface area contributed by atoms with Gasteiger partial charge in [0, 0.05) is 5.69 Å². The van der Waals surface area contributed by atoms with E-state index in [1.165, 1.54) is 50.2 Å². The zero-order chi connectivity index (χ0) is 20.9. The van der Waals surface area contributed by atoms with Crippen LogP contribution in [0.3, 0.4) is 0 Å². The number of carbonyl (C=O) groups is 2. The topological polar surface area (TPSA) is 102 Å². The number of rotatable bonds is 7. The molecule has 28 heavy (non-hydrogen) atoms. The lowest BCUT2D eigenvalue weighted by Gasteiger charge is -2.17. The molecule has 0 aliphatic heterocycles. The fraction of sp³-hybridized carbons (Fsp3) is 0.263. The minimum Gasteiger partial charge on any atom is -0.451 e. The lowest BCUT2D eigenvalue weighted by Crippen LogP contribution is -2.42. The number of halogens is 1. The molecule has 9 heteroatoms. The third-order valence-electron chi connectivity index (χ3n) is 3.79. The summed E-state index contributed by atoms with van der Waals surface area (Å²) in [7, 11) is -3.92. The number of carbonyl (C=O) groups excluding carboxylic acids is 2. The van der Waals surface area contributed by atoms with Gasteiger partial charge in [0.25, 0.3) is 5.91 Å². The molecule has 0 unspecified atom stereocenters. The van der Waals surface area contributed by atoms with Crippen molar-refractivity contribution in [3.63, 3.8) is 0 Å². The molecule has 0 heterocycles. The van der Waals surface area contributed by atoms with Crippen molar-refractivity contribution in [1.82, 2.24) is 4.72 Å². The number of hydrogen-bond donors (Lipinski definition) is 2. The minimum atomic E-state index is -3.92. The van der Waals surface area contributed by atoms with E-state index in [4.69, 9.17) is 4.74 Å². The summed E-state index contributed by atoms with van der Waals surface area (Å²) in [5.41, 5.74) is 1.23. The molecule has 0 fully saturated rings. The number of hydrogen-bond acceptors (Lipinski definition) is 5. The van der Waals surface area contributed by atoms with Gasteiger partial charge in [0.15, 0.2) is 6.10 Å². The third kappa shape index (κ3) is 5.86. The highest BCUT2D eigenvalue weighted by Crippen LogP contribution is 2.12. The molecule has 0 spiro atoms. The Bertz CT molecular complexity index is 943. The fourth-order valence-electron chi connectivity index (χ4n) is 2.17. The molecule has 0 radical (unpaired) electrons. The van der Waals surface area contributed by atoms with Crippen LogP contribution in [0.4, 0.5) is 10.1 Å². The number of amides is 1. The van der Waals surface area contributed by atoms with Gasteiger partial charge >= 0.3 is 5.97 Å². The number of ether oxygens (including phenoxy) is 1. The second kappa shape index (κ2) is 8.94. The van der Waals surface area contributed by atoms with Gasteiger partial charge in [-0.3, -0.25) is 9.59 Å². The van der Waals surface area contributed by atoms with Gasteiger partial charge in [-0.2, -0.15) is 4.72 Å². The summed E-state index contributed by atoms with van der Waals surface area (Å²) in [6.45, 7) is 4.48. The molecular weight excluding hydrogens is 387 g/mol. The van der Waals surface area contributed by atoms with Crippen LogP contribution in [-0.2, 0) is 24.3 Å². The average molecular weight is 408 g/mol. The summed E-state index contributed by atoms with van der Waals surface area (Å²) in [6, 6.07) is 10.00. The number of anilines is 1. The predicted molar refractivity (Wildman–Crippen MR) is 102 cm³/mol. The normalized spacial score (nSPS) is 13.4. The molecule has 2 aromatic carbocycles. The van der Waals surface area contributed by atoms with E-state index in [2.05, 4.69) is 10.0 Å². The molecule has 2 rings (SSSR count). The van der Waals surface area contributed by atoms with Crippen LogP contribution >= 0.6 is 0 Å². The molecule has 0 saturated carbocycles. The van der Waals surface area contributed by atoms with Crippen molar-refractivity contribution in [3.05, 3.63) is 59.9 Å². The first-order valence-corrected chi connectivity index (χ1v) is 9.93. The molecule has 1 amide bonds. The second-order valence-electron chi connectivity index (χ2n) is 6.23. The van der Waals surface area contributed by atoms with E-state index in [-0.39, 0.29) is 4.90 Å². The zero-order valence-corrected chi connectivity index (χ0v) is 16.4. The van der Waals surface area contributed by atoms with Gasteiger partial charge in [-0.1, -0.05) is 17.7 Å². The Kier molecular flexibility index (Phi) is 6.87. The number of nitrogens with one attached hydrogen (secondary N) is 2. The van der Waals surface area contributed by atoms with E-state index in [0.29, 0.717) is 5.69 Å². The molecule has 0 saturated heterocycles. The van der Waals surface area contributed by atoms with E-state index in [1.807, 2.05) is 6.92 Å². The summed E-state index contributed by atoms with van der Waals surface area (Å²) >= 11 is 0. The standard InChI is InChI=1S/C19H21FN2O5S/c1-12-4-10-17(11-5-12)28(25,26)22-13(2)19(24)27-14(3)18(23)21-16-8-6-15(20)7-9-16/h4-11,13-14,22H,1-3H3,(H,21,23)/t13-,14+/m0/s1. The molecule has 2 atom stereocenters. The number of esters is 1. The maximum Gasteiger partial charge on any atom is 0.324 e. The SMILES string of the molecule is Cc1ccc(S(=O)(=O)N[C@@H](C)C(=O)O[C@H](C)C(=O)Nc2ccc(F)cc2)cc1. The predicted octanol–water partition coefficient (Wildman–Crippen LogP) is 2.37. The first-order chi connectivity index (χ1) is 13.1. The Hall–Kier alpha value is -2.78. The monoisotopic (exact) mass is 408 g/mol. The number of aryl methyl sites for hydroxylation is 1. The smallest absolute Gasteiger partial charge is 0.324 e. The third-order valence-corrected chi connectivity index (χ3v) is 5.35. The van der Waals surface area contributed by atoms with E-state index in [9.17, 15) is 22.4 Å². The molecule has 2 N–H and O–H groups in total. The van der Waals surface area contributed by atoms with E-state index in [1.54, 1.807) is 12.1 Å². The van der Waals surface area contributed by atoms with Gasteiger partial charge < -0.3 is 10.1 Å². The van der Waals surface area contributed by atoms with Crippen LogP contribution in [0.5, 0.6) is 0 Å². The highest BCUT2D eigenvalue weighted by atomic mass is 32.2. The lowest BCUT2D eigenvalue weighted by molar-refractivity contribution is -0.154. The Morgan fingerprint density at radius 1 is 1.00 bits per heavy atom. The molecule has 0 aliphatic carbocycles. The van der Waals surface area contributed by atoms with Gasteiger partial charge in [0.1, 0.15) is 11.9 Å². The van der Waals surface area contributed by atoms with Crippen LogP contribution in [0.1, 0.15) is 19.4 Å². The van der Waals surface area contributed by atoms with Gasteiger partial charge in [0.05, 0.1) is 4.90 Å². The van der Waals surface area contributed by atoms with Gasteiger partial charge in [-0.25, -0.2) is 12.8 Å². The molecule has 150 valence electrons. The van der Waals surface area contributed by atoms with Gasteiger partial charge in [-0.05, 0) is 57.2 Å². The quantitative estimate of drug-likeness (QED) is 0.685. The molecule has 2 aromatic rings. The molecule has 0 bridgehead atoms. The van der Waals surface area contributed by atoms with E-state index >= 15 is 0 Å². The summed E-state index contributed by atoms with van der Waals surface area (Å²) in [5, 5.41) is 2.47. The molecular formula is C19H21FN2O5S. The van der Waals surface area contributed by atoms with Crippen LogP contribution < -0.4 is 10.0 Å². The minimum absolute atomic E-state index is 0.0138. The molecule has 0 aliphatic rings. The van der Waals surface area contributed by atoms with Crippen molar-refractivity contribution in [3.8, 4) is 0 Å². The van der Waals surface area contributed by atoms with Crippen molar-refractivity contribution >= 4 is 27.6 Å². The van der Waals surface area contributed by atoms with Crippen LogP contribution in [0.25, 0.3) is 0 Å². The van der Waals surface area contributed by atoms with Crippen molar-refractivity contribution in [2.24, 2.45) is 0 Å². The lowest BCUT2D eigenvalue weighted by atomic mass is 10.2. The Labute approximate surface area is 163 Å². The van der Waals surface area contributed by atoms with Crippen molar-refractivity contribution in [2.75, 3.05) is 5.32 Å². The van der Waals surface area contributed by atoms with E-state index < -0.39 is 39.9 Å². The van der Waals surface area contributed by atoms with E-state index in [0.717, 1.165) is 5.56 Å². The Morgan fingerprint density at radius 2 is 1.57 bits per heavy atom. The summed E-state index contributed by atoms with van der Waals surface area (Å²) in [4.78, 5) is 24.2. The Morgan fingerprint density at radius 3 is 2.14 bits per heavy atom.